The molecule has 0 aliphatic rings. The van der Waals surface area contributed by atoms with Crippen molar-refractivity contribution in [3.63, 3.8) is 0 Å². The molecule has 0 amide bonds. The average molecular weight is 165 g/mol. The van der Waals surface area contributed by atoms with E-state index >= 15 is 0 Å². The van der Waals surface area contributed by atoms with Crippen LogP contribution in [0.25, 0.3) is 0 Å². The van der Waals surface area contributed by atoms with Crippen molar-refractivity contribution in [1.29, 1.82) is 0 Å². The molecular formula is C9H15N3. The molecule has 0 aromatic carbocycles. The summed E-state index contributed by atoms with van der Waals surface area (Å²) in [5, 5.41) is 3.27. The summed E-state index contributed by atoms with van der Waals surface area (Å²) in [6.45, 7) is 3.64. The monoisotopic (exact) mass is 165 g/mol. The second-order valence-corrected chi connectivity index (χ2v) is 2.75. The minimum Gasteiger partial charge on any atom is -0.385 e. The number of rotatable bonds is 4. The highest BCUT2D eigenvalue weighted by molar-refractivity contribution is 5.42. The van der Waals surface area contributed by atoms with Crippen molar-refractivity contribution in [3.05, 3.63) is 24.0 Å². The lowest BCUT2D eigenvalue weighted by Crippen LogP contribution is -2.08. The van der Waals surface area contributed by atoms with Gasteiger partial charge >= 0.3 is 0 Å². The molecule has 0 saturated heterocycles. The van der Waals surface area contributed by atoms with E-state index in [9.17, 15) is 0 Å². The zero-order chi connectivity index (χ0) is 8.81. The number of hydrogen-bond donors (Lipinski definition) is 2. The molecule has 3 N–H and O–H groups in total. The van der Waals surface area contributed by atoms with Crippen molar-refractivity contribution in [2.24, 2.45) is 5.73 Å². The molecule has 1 aromatic rings. The molecule has 3 heteroatoms. The van der Waals surface area contributed by atoms with Crippen LogP contribution in [0.4, 0.5) is 5.69 Å². The molecule has 1 heterocycles. The average Bonchev–Trinajstić information content (AvgIpc) is 2.05. The van der Waals surface area contributed by atoms with Crippen LogP contribution in [0.5, 0.6) is 0 Å². The number of hydrogen-bond acceptors (Lipinski definition) is 3. The molecule has 0 spiro atoms. The fourth-order valence-corrected chi connectivity index (χ4v) is 0.990. The number of nitrogens with two attached hydrogens (primary N) is 1. The van der Waals surface area contributed by atoms with Gasteiger partial charge in [-0.2, -0.15) is 0 Å². The molecule has 0 bridgehead atoms. The largest absolute Gasteiger partial charge is 0.385 e. The number of pyridine rings is 1. The maximum Gasteiger partial charge on any atom is 0.0393 e. The Morgan fingerprint density at radius 3 is 3.08 bits per heavy atom. The van der Waals surface area contributed by atoms with Crippen LogP contribution in [0.15, 0.2) is 18.3 Å². The highest BCUT2D eigenvalue weighted by atomic mass is 14.9. The van der Waals surface area contributed by atoms with Gasteiger partial charge in [-0.25, -0.2) is 0 Å². The summed E-state index contributed by atoms with van der Waals surface area (Å²) in [5.74, 6) is 0. The minimum absolute atomic E-state index is 0.733. The Hall–Kier alpha value is -1.09. The number of anilines is 1. The van der Waals surface area contributed by atoms with Crippen molar-refractivity contribution >= 4 is 5.69 Å². The van der Waals surface area contributed by atoms with Gasteiger partial charge in [0.25, 0.3) is 0 Å². The van der Waals surface area contributed by atoms with Gasteiger partial charge in [0.1, 0.15) is 0 Å². The molecule has 0 saturated carbocycles. The van der Waals surface area contributed by atoms with E-state index in [0.29, 0.717) is 0 Å². The normalized spacial score (nSPS) is 9.83. The Balaban J connectivity index is 2.41. The van der Waals surface area contributed by atoms with Crippen molar-refractivity contribution in [2.45, 2.75) is 13.3 Å². The first-order chi connectivity index (χ1) is 5.83. The summed E-state index contributed by atoms with van der Waals surface area (Å²) in [5.41, 5.74) is 7.53. The van der Waals surface area contributed by atoms with Crippen LogP contribution >= 0.6 is 0 Å². The third kappa shape index (κ3) is 2.88. The number of nitrogens with one attached hydrogen (secondary N) is 1. The lowest BCUT2D eigenvalue weighted by atomic mass is 10.3. The Kier molecular flexibility index (Phi) is 3.54. The molecule has 0 unspecified atom stereocenters. The minimum atomic E-state index is 0.733. The van der Waals surface area contributed by atoms with E-state index in [1.54, 1.807) is 6.20 Å². The van der Waals surface area contributed by atoms with Gasteiger partial charge < -0.3 is 11.1 Å². The molecule has 0 radical (unpaired) electrons. The van der Waals surface area contributed by atoms with E-state index in [2.05, 4.69) is 10.3 Å². The van der Waals surface area contributed by atoms with Gasteiger partial charge in [0.15, 0.2) is 0 Å². The molecule has 3 nitrogen and oxygen atoms in total. The maximum atomic E-state index is 5.37. The van der Waals surface area contributed by atoms with Gasteiger partial charge in [0, 0.05) is 24.1 Å². The fourth-order valence-electron chi connectivity index (χ4n) is 0.990. The quantitative estimate of drug-likeness (QED) is 0.658. The van der Waals surface area contributed by atoms with E-state index in [-0.39, 0.29) is 0 Å². The third-order valence-corrected chi connectivity index (χ3v) is 1.61. The number of aromatic nitrogens is 1. The summed E-state index contributed by atoms with van der Waals surface area (Å²) in [6, 6.07) is 3.99. The first kappa shape index (κ1) is 9.00. The van der Waals surface area contributed by atoms with E-state index < -0.39 is 0 Å². The van der Waals surface area contributed by atoms with Gasteiger partial charge in [-0.1, -0.05) is 0 Å². The third-order valence-electron chi connectivity index (χ3n) is 1.61. The SMILES string of the molecule is Cc1cc(NCCCN)ccn1. The smallest absolute Gasteiger partial charge is 0.0393 e. The van der Waals surface area contributed by atoms with Crippen molar-refractivity contribution in [1.82, 2.24) is 4.98 Å². The predicted molar refractivity (Wildman–Crippen MR) is 51.1 cm³/mol. The summed E-state index contributed by atoms with van der Waals surface area (Å²) in [4.78, 5) is 4.10. The van der Waals surface area contributed by atoms with E-state index in [1.807, 2.05) is 19.1 Å². The summed E-state index contributed by atoms with van der Waals surface area (Å²) in [6.07, 6.45) is 2.81. The Morgan fingerprint density at radius 2 is 2.42 bits per heavy atom. The first-order valence-electron chi connectivity index (χ1n) is 4.19. The molecular weight excluding hydrogens is 150 g/mol. The topological polar surface area (TPSA) is 50.9 Å². The van der Waals surface area contributed by atoms with Gasteiger partial charge in [-0.15, -0.1) is 0 Å². The van der Waals surface area contributed by atoms with Crippen molar-refractivity contribution in [3.8, 4) is 0 Å². The second-order valence-electron chi connectivity index (χ2n) is 2.75. The lowest BCUT2D eigenvalue weighted by molar-refractivity contribution is 0.874. The standard InChI is InChI=1S/C9H15N3/c1-8-7-9(3-6-11-8)12-5-2-4-10/h3,6-7H,2,4-5,10H2,1H3,(H,11,12). The molecule has 0 aliphatic carbocycles. The van der Waals surface area contributed by atoms with Gasteiger partial charge in [-0.3, -0.25) is 4.98 Å². The van der Waals surface area contributed by atoms with Crippen LogP contribution in [0.2, 0.25) is 0 Å². The summed E-state index contributed by atoms with van der Waals surface area (Å²) in [7, 11) is 0. The molecule has 1 aromatic heterocycles. The fraction of sp³-hybridized carbons (Fsp3) is 0.444. The van der Waals surface area contributed by atoms with Crippen molar-refractivity contribution in [2.75, 3.05) is 18.4 Å². The molecule has 12 heavy (non-hydrogen) atoms. The zero-order valence-electron chi connectivity index (χ0n) is 7.38. The van der Waals surface area contributed by atoms with Crippen LogP contribution in [-0.2, 0) is 0 Å². The van der Waals surface area contributed by atoms with Crippen LogP contribution in [-0.4, -0.2) is 18.1 Å². The van der Waals surface area contributed by atoms with E-state index in [4.69, 9.17) is 5.73 Å². The zero-order valence-corrected chi connectivity index (χ0v) is 7.38. The predicted octanol–water partition coefficient (Wildman–Crippen LogP) is 1.15. The molecule has 0 fully saturated rings. The molecule has 0 aliphatic heterocycles. The van der Waals surface area contributed by atoms with Crippen LogP contribution in [0.3, 0.4) is 0 Å². The maximum absolute atomic E-state index is 5.37. The summed E-state index contributed by atoms with van der Waals surface area (Å²) < 4.78 is 0. The number of nitrogens with zero attached hydrogens (tertiary/aromatic N) is 1. The van der Waals surface area contributed by atoms with Crippen molar-refractivity contribution < 1.29 is 0 Å². The van der Waals surface area contributed by atoms with E-state index in [1.165, 1.54) is 0 Å². The first-order valence-corrected chi connectivity index (χ1v) is 4.19. The molecule has 0 atom stereocenters. The van der Waals surface area contributed by atoms with Gasteiger partial charge in [-0.05, 0) is 32.0 Å². The van der Waals surface area contributed by atoms with Crippen LogP contribution < -0.4 is 11.1 Å². The van der Waals surface area contributed by atoms with Crippen LogP contribution in [0.1, 0.15) is 12.1 Å². The highest BCUT2D eigenvalue weighted by Gasteiger charge is 1.90. The van der Waals surface area contributed by atoms with Crippen LogP contribution in [0, 0.1) is 6.92 Å². The Bertz CT molecular complexity index is 235. The number of aryl methyl sites for hydroxylation is 1. The molecule has 66 valence electrons. The second kappa shape index (κ2) is 4.72. The highest BCUT2D eigenvalue weighted by Crippen LogP contribution is 2.06. The van der Waals surface area contributed by atoms with Gasteiger partial charge in [0.05, 0.1) is 0 Å². The Labute approximate surface area is 73.0 Å². The van der Waals surface area contributed by atoms with E-state index in [0.717, 1.165) is 30.9 Å². The summed E-state index contributed by atoms with van der Waals surface area (Å²) >= 11 is 0. The van der Waals surface area contributed by atoms with Gasteiger partial charge in [0.2, 0.25) is 0 Å². The lowest BCUT2D eigenvalue weighted by Gasteiger charge is -2.04. The Morgan fingerprint density at radius 1 is 1.58 bits per heavy atom. The molecule has 1 rings (SSSR count).